The van der Waals surface area contributed by atoms with Crippen LogP contribution in [0.4, 0.5) is 0 Å². The van der Waals surface area contributed by atoms with E-state index in [1.165, 1.54) is 0 Å². The van der Waals surface area contributed by atoms with Gasteiger partial charge in [-0.3, -0.25) is 45.4 Å². The van der Waals surface area contributed by atoms with Gasteiger partial charge in [-0.2, -0.15) is 8.42 Å². The maximum absolute atomic E-state index is 12.2. The molecule has 1 aromatic carbocycles. The van der Waals surface area contributed by atoms with Gasteiger partial charge in [-0.15, -0.1) is 0 Å². The van der Waals surface area contributed by atoms with Crippen molar-refractivity contribution in [2.45, 2.75) is 24.5 Å². The van der Waals surface area contributed by atoms with Crippen LogP contribution in [0, 0.1) is 0 Å². The van der Waals surface area contributed by atoms with Crippen LogP contribution in [0.1, 0.15) is 0 Å². The predicted octanol–water partition coefficient (Wildman–Crippen LogP) is 0.0741. The molecule has 4 aliphatic rings. The van der Waals surface area contributed by atoms with E-state index in [0.717, 1.165) is 47.0 Å². The van der Waals surface area contributed by atoms with Crippen LogP contribution in [0.2, 0.25) is 0 Å². The summed E-state index contributed by atoms with van der Waals surface area (Å²) in [6, 6.07) is 1.63. The Labute approximate surface area is 184 Å². The van der Waals surface area contributed by atoms with E-state index in [0.29, 0.717) is 9.79 Å². The second kappa shape index (κ2) is 6.69. The fourth-order valence-electron chi connectivity index (χ4n) is 2.84. The summed E-state index contributed by atoms with van der Waals surface area (Å²) in [5, 5.41) is 0. The zero-order valence-electron chi connectivity index (χ0n) is 14.0. The van der Waals surface area contributed by atoms with Crippen molar-refractivity contribution in [3.8, 4) is 0 Å². The van der Waals surface area contributed by atoms with E-state index in [1.807, 2.05) is 0 Å². The minimum absolute atomic E-state index is 0.148. The highest BCUT2D eigenvalue weighted by Crippen LogP contribution is 2.62. The van der Waals surface area contributed by atoms with Crippen molar-refractivity contribution < 1.29 is 32.1 Å². The summed E-state index contributed by atoms with van der Waals surface area (Å²) in [5.41, 5.74) is 8.41. The zero-order chi connectivity index (χ0) is 21.4. The van der Waals surface area contributed by atoms with Crippen LogP contribution in [-0.4, -0.2) is 36.6 Å². The number of carbonyl (C=O) groups excluding carboxylic acids is 4. The van der Waals surface area contributed by atoms with Gasteiger partial charge in [-0.05, 0) is 6.07 Å². The number of thioether (sulfide) groups is 4. The van der Waals surface area contributed by atoms with Crippen molar-refractivity contribution in [2.24, 2.45) is 0 Å². The molecule has 0 aliphatic carbocycles. The molecule has 0 atom stereocenters. The molecule has 4 aliphatic heterocycles. The van der Waals surface area contributed by atoms with Gasteiger partial charge in [-0.25, -0.2) is 0 Å². The number of fused-ring (bicyclic) bond motifs is 2. The lowest BCUT2D eigenvalue weighted by molar-refractivity contribution is -0.118. The number of benzene rings is 1. The molecule has 4 amide bonds. The lowest BCUT2D eigenvalue weighted by Crippen LogP contribution is -2.28. The Bertz CT molecular complexity index is 1180. The molecule has 0 saturated carbocycles. The molecular formula is C14H6N4O7S5. The minimum Gasteiger partial charge on any atom is -0.282 e. The first-order valence-corrected chi connectivity index (χ1v) is 12.5. The van der Waals surface area contributed by atoms with E-state index in [4.69, 9.17) is 0 Å². The fourth-order valence-corrected chi connectivity index (χ4v) is 9.92. The van der Waals surface area contributed by atoms with Gasteiger partial charge in [0.25, 0.3) is 33.7 Å². The monoisotopic (exact) mass is 502 g/mol. The molecule has 0 spiro atoms. The highest BCUT2D eigenvalue weighted by atomic mass is 32.2. The van der Waals surface area contributed by atoms with E-state index >= 15 is 0 Å². The standard InChI is InChI=1S/C14H6N4O7S5/c19-9-4(10(20)16-15-9)13-26-2-1-3-7(8(6(2)28-13)30(23,24)25)29-14(27-3)5-11(21)17-18-12(5)22/h1H,(H,15,19)(H,16,20)(H,17,21)(H,18,22)(H,23,24,25). The van der Waals surface area contributed by atoms with Gasteiger partial charge in [0.1, 0.15) is 16.0 Å². The second-order valence-corrected chi connectivity index (χ2v) is 11.9. The summed E-state index contributed by atoms with van der Waals surface area (Å²) < 4.78 is 34.9. The number of hydrogen-bond acceptors (Lipinski definition) is 10. The molecule has 5 N–H and O–H groups in total. The Kier molecular flexibility index (Phi) is 4.42. The highest BCUT2D eigenvalue weighted by Gasteiger charge is 2.41. The largest absolute Gasteiger partial charge is 0.296 e. The molecule has 0 unspecified atom stereocenters. The summed E-state index contributed by atoms with van der Waals surface area (Å²) in [6.07, 6.45) is 0. The van der Waals surface area contributed by atoms with Gasteiger partial charge in [0.05, 0.1) is 8.47 Å². The third kappa shape index (κ3) is 2.94. The molecule has 2 saturated heterocycles. The maximum atomic E-state index is 12.2. The van der Waals surface area contributed by atoms with Crippen LogP contribution in [0.25, 0.3) is 0 Å². The Morgan fingerprint density at radius 2 is 1.03 bits per heavy atom. The SMILES string of the molecule is O=C1NNC(=O)C1=C1Sc2cc3c(c(S(=O)(=O)O)c2S1)SC(=C1C(=O)NNC1=O)S3. The van der Waals surface area contributed by atoms with Crippen molar-refractivity contribution in [3.63, 3.8) is 0 Å². The lowest BCUT2D eigenvalue weighted by Gasteiger charge is -2.08. The van der Waals surface area contributed by atoms with Crippen LogP contribution in [0.5, 0.6) is 0 Å². The van der Waals surface area contributed by atoms with Gasteiger partial charge >= 0.3 is 0 Å². The fraction of sp³-hybridized carbons (Fsp3) is 0. The normalized spacial score (nSPS) is 20.3. The Morgan fingerprint density at radius 3 is 1.37 bits per heavy atom. The maximum Gasteiger partial charge on any atom is 0.296 e. The first-order valence-electron chi connectivity index (χ1n) is 7.75. The average molecular weight is 503 g/mol. The molecular weight excluding hydrogens is 497 g/mol. The summed E-state index contributed by atoms with van der Waals surface area (Å²) >= 11 is 3.80. The number of nitrogens with one attached hydrogen (secondary N) is 4. The quantitative estimate of drug-likeness (QED) is 0.200. The van der Waals surface area contributed by atoms with Crippen LogP contribution < -0.4 is 21.7 Å². The van der Waals surface area contributed by atoms with Gasteiger partial charge in [0.15, 0.2) is 0 Å². The molecule has 1 aromatic rings. The van der Waals surface area contributed by atoms with Gasteiger partial charge in [0, 0.05) is 19.6 Å². The molecule has 5 rings (SSSR count). The molecule has 30 heavy (non-hydrogen) atoms. The smallest absolute Gasteiger partial charge is 0.282 e. The molecule has 154 valence electrons. The number of rotatable bonds is 1. The van der Waals surface area contributed by atoms with E-state index < -0.39 is 38.6 Å². The van der Waals surface area contributed by atoms with E-state index in [9.17, 15) is 32.1 Å². The number of hydrogen-bond donors (Lipinski definition) is 5. The van der Waals surface area contributed by atoms with E-state index in [2.05, 4.69) is 21.7 Å². The first kappa shape index (κ1) is 19.8. The van der Waals surface area contributed by atoms with Crippen LogP contribution in [-0.2, 0) is 29.3 Å². The summed E-state index contributed by atoms with van der Waals surface area (Å²) in [6.45, 7) is 0. The predicted molar refractivity (Wildman–Crippen MR) is 106 cm³/mol. The van der Waals surface area contributed by atoms with Crippen molar-refractivity contribution in [2.75, 3.05) is 0 Å². The highest BCUT2D eigenvalue weighted by molar-refractivity contribution is 8.26. The average Bonchev–Trinajstić information content (AvgIpc) is 3.38. The lowest BCUT2D eigenvalue weighted by atomic mass is 10.3. The van der Waals surface area contributed by atoms with Gasteiger partial charge in [0.2, 0.25) is 0 Å². The topological polar surface area (TPSA) is 171 Å². The van der Waals surface area contributed by atoms with Crippen molar-refractivity contribution >= 4 is 80.8 Å². The molecule has 2 fully saturated rings. The van der Waals surface area contributed by atoms with Crippen LogP contribution >= 0.6 is 47.0 Å². The van der Waals surface area contributed by atoms with Gasteiger partial charge in [-0.1, -0.05) is 47.0 Å². The third-order valence-electron chi connectivity index (χ3n) is 4.07. The summed E-state index contributed by atoms with van der Waals surface area (Å²) in [4.78, 5) is 48.4. The number of hydrazine groups is 2. The molecule has 16 heteroatoms. The zero-order valence-corrected chi connectivity index (χ0v) is 18.1. The molecule has 4 heterocycles. The molecule has 0 aromatic heterocycles. The first-order chi connectivity index (χ1) is 14.1. The van der Waals surface area contributed by atoms with Crippen molar-refractivity contribution in [1.82, 2.24) is 21.7 Å². The summed E-state index contributed by atoms with van der Waals surface area (Å²) in [7, 11) is -4.72. The van der Waals surface area contributed by atoms with Crippen molar-refractivity contribution in [3.05, 3.63) is 25.7 Å². The number of carbonyl (C=O) groups is 4. The number of amides is 4. The van der Waals surface area contributed by atoms with Gasteiger partial charge < -0.3 is 0 Å². The van der Waals surface area contributed by atoms with E-state index in [1.54, 1.807) is 6.07 Å². The Hall–Kier alpha value is -2.11. The molecule has 0 radical (unpaired) electrons. The minimum atomic E-state index is -4.72. The summed E-state index contributed by atoms with van der Waals surface area (Å²) in [5.74, 6) is -2.56. The third-order valence-corrected chi connectivity index (χ3v) is 10.4. The Morgan fingerprint density at radius 1 is 0.667 bits per heavy atom. The van der Waals surface area contributed by atoms with Crippen LogP contribution in [0.15, 0.2) is 50.2 Å². The van der Waals surface area contributed by atoms with Crippen LogP contribution in [0.3, 0.4) is 0 Å². The Balaban J connectivity index is 1.66. The second-order valence-electron chi connectivity index (χ2n) is 5.88. The molecule has 11 nitrogen and oxygen atoms in total. The van der Waals surface area contributed by atoms with Crippen molar-refractivity contribution in [1.29, 1.82) is 0 Å². The molecule has 0 bridgehead atoms. The van der Waals surface area contributed by atoms with E-state index in [-0.39, 0.29) is 29.4 Å².